The van der Waals surface area contributed by atoms with Crippen molar-refractivity contribution in [3.05, 3.63) is 74.9 Å². The van der Waals surface area contributed by atoms with Crippen LogP contribution in [0.25, 0.3) is 10.9 Å². The summed E-state index contributed by atoms with van der Waals surface area (Å²) in [5.74, 6) is -0.174. The molecule has 1 saturated heterocycles. The predicted molar refractivity (Wildman–Crippen MR) is 118 cm³/mol. The van der Waals surface area contributed by atoms with Gasteiger partial charge >= 0.3 is 5.69 Å². The summed E-state index contributed by atoms with van der Waals surface area (Å²) >= 11 is 0. The molecule has 0 aliphatic carbocycles. The molecule has 0 atom stereocenters. The van der Waals surface area contributed by atoms with Crippen molar-refractivity contribution in [1.82, 2.24) is 14.5 Å². The van der Waals surface area contributed by atoms with E-state index in [9.17, 15) is 14.4 Å². The molecule has 7 heteroatoms. The lowest BCUT2D eigenvalue weighted by atomic mass is 10.1. The summed E-state index contributed by atoms with van der Waals surface area (Å²) in [6.07, 6.45) is 3.93. The van der Waals surface area contributed by atoms with Crippen molar-refractivity contribution < 1.29 is 4.79 Å². The molecule has 2 N–H and O–H groups in total. The van der Waals surface area contributed by atoms with Crippen molar-refractivity contribution >= 4 is 22.5 Å². The maximum atomic E-state index is 12.5. The third-order valence-corrected chi connectivity index (χ3v) is 5.53. The summed E-state index contributed by atoms with van der Waals surface area (Å²) in [6, 6.07) is 14.8. The molecule has 1 aliphatic rings. The largest absolute Gasteiger partial charge is 0.328 e. The molecule has 1 aromatic heterocycles. The highest BCUT2D eigenvalue weighted by Gasteiger charge is 2.12. The highest BCUT2D eigenvalue weighted by Crippen LogP contribution is 2.16. The molecule has 2 heterocycles. The van der Waals surface area contributed by atoms with Crippen LogP contribution in [0.3, 0.4) is 0 Å². The monoisotopic (exact) mass is 406 g/mol. The van der Waals surface area contributed by atoms with E-state index in [-0.39, 0.29) is 18.9 Å². The Balaban J connectivity index is 1.41. The van der Waals surface area contributed by atoms with Gasteiger partial charge in [-0.3, -0.25) is 24.0 Å². The fourth-order valence-electron chi connectivity index (χ4n) is 4.02. The number of hydrogen-bond acceptors (Lipinski definition) is 4. The number of amides is 1. The number of aromatic amines is 1. The fourth-order valence-corrected chi connectivity index (χ4v) is 4.02. The number of nitrogens with zero attached hydrogens (tertiary/aromatic N) is 2. The minimum absolute atomic E-state index is 0.131. The predicted octanol–water partition coefficient (Wildman–Crippen LogP) is 2.70. The van der Waals surface area contributed by atoms with Gasteiger partial charge in [-0.15, -0.1) is 0 Å². The molecule has 0 spiro atoms. The fraction of sp³-hybridized carbons (Fsp3) is 0.348. The van der Waals surface area contributed by atoms with Crippen molar-refractivity contribution in [3.8, 4) is 0 Å². The van der Waals surface area contributed by atoms with E-state index >= 15 is 0 Å². The highest BCUT2D eigenvalue weighted by atomic mass is 16.2. The van der Waals surface area contributed by atoms with Crippen molar-refractivity contribution in [2.24, 2.45) is 0 Å². The van der Waals surface area contributed by atoms with Crippen LogP contribution < -0.4 is 16.6 Å². The van der Waals surface area contributed by atoms with Crippen LogP contribution in [-0.2, 0) is 17.9 Å². The number of carbonyl (C=O) groups is 1. The van der Waals surface area contributed by atoms with Gasteiger partial charge in [-0.2, -0.15) is 0 Å². The van der Waals surface area contributed by atoms with Crippen LogP contribution in [0.1, 0.15) is 31.2 Å². The van der Waals surface area contributed by atoms with Gasteiger partial charge in [0, 0.05) is 25.2 Å². The van der Waals surface area contributed by atoms with E-state index in [0.717, 1.165) is 25.3 Å². The van der Waals surface area contributed by atoms with Gasteiger partial charge in [-0.1, -0.05) is 30.7 Å². The molecule has 2 aromatic carbocycles. The van der Waals surface area contributed by atoms with Gasteiger partial charge < -0.3 is 5.32 Å². The Hall–Kier alpha value is -3.19. The second-order valence-electron chi connectivity index (χ2n) is 7.76. The molecule has 30 heavy (non-hydrogen) atoms. The average Bonchev–Trinajstić information content (AvgIpc) is 2.74. The number of para-hydroxylation sites is 1. The van der Waals surface area contributed by atoms with Gasteiger partial charge in [-0.05, 0) is 55.8 Å². The van der Waals surface area contributed by atoms with E-state index in [4.69, 9.17) is 0 Å². The number of hydrogen-bond donors (Lipinski definition) is 2. The van der Waals surface area contributed by atoms with E-state index in [0.29, 0.717) is 10.9 Å². The van der Waals surface area contributed by atoms with Gasteiger partial charge in [0.05, 0.1) is 10.9 Å². The summed E-state index contributed by atoms with van der Waals surface area (Å²) in [5.41, 5.74) is 1.55. The number of anilines is 1. The van der Waals surface area contributed by atoms with Crippen LogP contribution >= 0.6 is 0 Å². The number of carbonyl (C=O) groups excluding carboxylic acids is 1. The van der Waals surface area contributed by atoms with Gasteiger partial charge in [0.2, 0.25) is 5.91 Å². The molecule has 4 rings (SSSR count). The Morgan fingerprint density at radius 1 is 1.00 bits per heavy atom. The van der Waals surface area contributed by atoms with Crippen LogP contribution in [0.4, 0.5) is 5.69 Å². The maximum absolute atomic E-state index is 12.5. The van der Waals surface area contributed by atoms with E-state index in [1.54, 1.807) is 24.3 Å². The van der Waals surface area contributed by atoms with E-state index in [1.165, 1.54) is 29.4 Å². The van der Waals surface area contributed by atoms with E-state index in [1.807, 2.05) is 18.2 Å². The Labute approximate surface area is 174 Å². The molecule has 1 fully saturated rings. The number of piperidine rings is 1. The Morgan fingerprint density at radius 3 is 2.63 bits per heavy atom. The first kappa shape index (κ1) is 20.1. The van der Waals surface area contributed by atoms with Crippen molar-refractivity contribution in [1.29, 1.82) is 0 Å². The van der Waals surface area contributed by atoms with Crippen molar-refractivity contribution in [2.75, 3.05) is 18.4 Å². The molecule has 1 aliphatic heterocycles. The maximum Gasteiger partial charge on any atom is 0.328 e. The van der Waals surface area contributed by atoms with E-state index < -0.39 is 11.2 Å². The van der Waals surface area contributed by atoms with Gasteiger partial charge in [0.15, 0.2) is 0 Å². The summed E-state index contributed by atoms with van der Waals surface area (Å²) in [5, 5.41) is 3.36. The molecule has 1 amide bonds. The van der Waals surface area contributed by atoms with Crippen LogP contribution in [0.15, 0.2) is 58.1 Å². The Kier molecular flexibility index (Phi) is 6.09. The number of aryl methyl sites for hydroxylation is 1. The van der Waals surface area contributed by atoms with Crippen LogP contribution in [-0.4, -0.2) is 33.4 Å². The first-order valence-electron chi connectivity index (χ1n) is 10.4. The minimum Gasteiger partial charge on any atom is -0.326 e. The standard InChI is InChI=1S/C23H26N4O3/c28-21(11-14-27-20-10-3-2-9-19(20)22(29)25-23(27)30)24-18-8-6-7-17(15-18)16-26-12-4-1-5-13-26/h2-3,6-10,15H,1,4-5,11-14,16H2,(H,24,28)(H,25,29,30). The molecular weight excluding hydrogens is 380 g/mol. The van der Waals surface area contributed by atoms with Gasteiger partial charge in [0.25, 0.3) is 5.56 Å². The minimum atomic E-state index is -0.505. The average molecular weight is 406 g/mol. The summed E-state index contributed by atoms with van der Waals surface area (Å²) < 4.78 is 1.43. The number of rotatable bonds is 6. The number of H-pyrrole nitrogens is 1. The normalized spacial score (nSPS) is 14.7. The van der Waals surface area contributed by atoms with Gasteiger partial charge in [-0.25, -0.2) is 4.79 Å². The molecule has 7 nitrogen and oxygen atoms in total. The highest BCUT2D eigenvalue weighted by molar-refractivity contribution is 5.90. The molecule has 0 unspecified atom stereocenters. The number of fused-ring (bicyclic) bond motifs is 1. The lowest BCUT2D eigenvalue weighted by Gasteiger charge is -2.26. The summed E-state index contributed by atoms with van der Waals surface area (Å²) in [6.45, 7) is 3.33. The van der Waals surface area contributed by atoms with Crippen LogP contribution in [0, 0.1) is 0 Å². The quantitative estimate of drug-likeness (QED) is 0.659. The van der Waals surface area contributed by atoms with Crippen molar-refractivity contribution in [2.45, 2.75) is 38.8 Å². The molecular formula is C23H26N4O3. The third kappa shape index (κ3) is 4.68. The zero-order valence-corrected chi connectivity index (χ0v) is 16.9. The molecule has 156 valence electrons. The molecule has 0 bridgehead atoms. The third-order valence-electron chi connectivity index (χ3n) is 5.53. The zero-order chi connectivity index (χ0) is 20.9. The molecule has 0 radical (unpaired) electrons. The summed E-state index contributed by atoms with van der Waals surface area (Å²) in [7, 11) is 0. The van der Waals surface area contributed by atoms with Gasteiger partial charge in [0.1, 0.15) is 0 Å². The second kappa shape index (κ2) is 9.09. The van der Waals surface area contributed by atoms with E-state index in [2.05, 4.69) is 21.3 Å². The Bertz CT molecular complexity index is 1160. The summed E-state index contributed by atoms with van der Waals surface area (Å²) in [4.78, 5) is 41.4. The first-order chi connectivity index (χ1) is 14.6. The number of aromatic nitrogens is 2. The topological polar surface area (TPSA) is 87.2 Å². The SMILES string of the molecule is O=C(CCn1c(=O)[nH]c(=O)c2ccccc21)Nc1cccc(CN2CCCCC2)c1. The second-order valence-corrected chi connectivity index (χ2v) is 7.76. The van der Waals surface area contributed by atoms with Crippen molar-refractivity contribution in [3.63, 3.8) is 0 Å². The van der Waals surface area contributed by atoms with Crippen LogP contribution in [0.2, 0.25) is 0 Å². The Morgan fingerprint density at radius 2 is 1.80 bits per heavy atom. The number of nitrogens with one attached hydrogen (secondary N) is 2. The zero-order valence-electron chi connectivity index (χ0n) is 16.9. The van der Waals surface area contributed by atoms with Crippen LogP contribution in [0.5, 0.6) is 0 Å². The molecule has 3 aromatic rings. The molecule has 0 saturated carbocycles. The smallest absolute Gasteiger partial charge is 0.326 e. The lowest BCUT2D eigenvalue weighted by molar-refractivity contribution is -0.116. The number of benzene rings is 2. The number of likely N-dealkylation sites (tertiary alicyclic amines) is 1. The first-order valence-corrected chi connectivity index (χ1v) is 10.4. The lowest BCUT2D eigenvalue weighted by Crippen LogP contribution is -2.31.